The van der Waals surface area contributed by atoms with E-state index < -0.39 is 5.41 Å². The molecule has 0 fully saturated rings. The monoisotopic (exact) mass is 812 g/mol. The van der Waals surface area contributed by atoms with E-state index in [1.807, 2.05) is 11.8 Å². The summed E-state index contributed by atoms with van der Waals surface area (Å²) in [5.41, 5.74) is 18.9. The molecule has 296 valence electrons. The van der Waals surface area contributed by atoms with Gasteiger partial charge in [-0.1, -0.05) is 166 Å². The highest BCUT2D eigenvalue weighted by Gasteiger charge is 2.58. The van der Waals surface area contributed by atoms with Crippen LogP contribution in [-0.2, 0) is 10.8 Å². The molecule has 0 radical (unpaired) electrons. The maximum absolute atomic E-state index is 2.63. The fraction of sp³-hybridized carbons (Fsp3) is 0.119. The second kappa shape index (κ2) is 12.9. The van der Waals surface area contributed by atoms with E-state index in [0.717, 1.165) is 11.4 Å². The average molecular weight is 813 g/mol. The standard InChI is InChI=1S/C59H44N2S/c1-57(2)47-21-9-7-18-43(47)44-33-32-42(37-51(44)57)60(40-16-5-4-6-17-40)41-30-28-38(29-31-41)39-34-35-58(3)55(36-39)59(49-23-11-14-27-54(49)62-58)48-22-10-13-26-53(48)61-52-25-12-8-19-45(52)46-20-15-24-50(59)56(46)61/h4-37,55H,1-3H3. The first kappa shape index (κ1) is 35.9. The van der Waals surface area contributed by atoms with E-state index in [-0.39, 0.29) is 16.1 Å². The second-order valence-electron chi connectivity index (χ2n) is 18.2. The highest BCUT2D eigenvalue weighted by atomic mass is 32.2. The van der Waals surface area contributed by atoms with Crippen LogP contribution in [0.15, 0.2) is 211 Å². The predicted octanol–water partition coefficient (Wildman–Crippen LogP) is 15.3. The van der Waals surface area contributed by atoms with Gasteiger partial charge in [-0.05, 0) is 112 Å². The van der Waals surface area contributed by atoms with Gasteiger partial charge < -0.3 is 9.47 Å². The van der Waals surface area contributed by atoms with Gasteiger partial charge >= 0.3 is 0 Å². The fourth-order valence-electron chi connectivity index (χ4n) is 11.9. The summed E-state index contributed by atoms with van der Waals surface area (Å²) in [7, 11) is 0. The van der Waals surface area contributed by atoms with Gasteiger partial charge in [0.15, 0.2) is 0 Å². The molecular formula is C59H44N2S. The highest BCUT2D eigenvalue weighted by molar-refractivity contribution is 8.01. The van der Waals surface area contributed by atoms with Crippen LogP contribution in [-0.4, -0.2) is 9.31 Å². The van der Waals surface area contributed by atoms with Gasteiger partial charge in [-0.3, -0.25) is 0 Å². The fourth-order valence-corrected chi connectivity index (χ4v) is 13.4. The summed E-state index contributed by atoms with van der Waals surface area (Å²) in [6, 6.07) is 70.5. The number of hydrogen-bond acceptors (Lipinski definition) is 2. The molecule has 0 N–H and O–H groups in total. The van der Waals surface area contributed by atoms with Gasteiger partial charge in [0.1, 0.15) is 0 Å². The van der Waals surface area contributed by atoms with Crippen LogP contribution >= 0.6 is 11.8 Å². The van der Waals surface area contributed by atoms with Crippen molar-refractivity contribution < 1.29 is 0 Å². The van der Waals surface area contributed by atoms with Crippen molar-refractivity contribution in [3.05, 3.63) is 240 Å². The molecule has 3 heterocycles. The SMILES string of the molecule is CC1(C)c2ccccc2-c2ccc(N(c3ccccc3)c3ccc(C4=CC5C(C)(C=C4)Sc4ccccc4C54c5ccccc5-n5c6ccccc6c6cccc4c65)cc3)cc21. The van der Waals surface area contributed by atoms with Gasteiger partial charge in [-0.15, -0.1) is 11.8 Å². The number of nitrogens with zero attached hydrogens (tertiary/aromatic N) is 2. The number of para-hydroxylation sites is 4. The molecule has 1 spiro atoms. The number of rotatable bonds is 4. The Labute approximate surface area is 367 Å². The molecule has 9 aromatic rings. The lowest BCUT2D eigenvalue weighted by atomic mass is 9.55. The molecule has 0 amide bonds. The minimum Gasteiger partial charge on any atom is -0.310 e. The number of aromatic nitrogens is 1. The van der Waals surface area contributed by atoms with Gasteiger partial charge in [0.25, 0.3) is 0 Å². The molecule has 13 rings (SSSR count). The molecule has 0 saturated heterocycles. The van der Waals surface area contributed by atoms with Crippen LogP contribution in [0.4, 0.5) is 17.1 Å². The van der Waals surface area contributed by atoms with Gasteiger partial charge in [0.05, 0.1) is 22.1 Å². The third-order valence-electron chi connectivity index (χ3n) is 14.7. The summed E-state index contributed by atoms with van der Waals surface area (Å²) < 4.78 is 2.34. The van der Waals surface area contributed by atoms with Gasteiger partial charge in [-0.2, -0.15) is 0 Å². The number of thioether (sulfide) groups is 1. The van der Waals surface area contributed by atoms with Crippen molar-refractivity contribution in [1.82, 2.24) is 4.57 Å². The van der Waals surface area contributed by atoms with Crippen molar-refractivity contribution in [3.8, 4) is 16.8 Å². The van der Waals surface area contributed by atoms with Crippen molar-refractivity contribution in [2.45, 2.75) is 41.2 Å². The van der Waals surface area contributed by atoms with Crippen LogP contribution in [0.2, 0.25) is 0 Å². The summed E-state index contributed by atoms with van der Waals surface area (Å²) in [6.07, 6.45) is 7.53. The smallest absolute Gasteiger partial charge is 0.0585 e. The topological polar surface area (TPSA) is 8.17 Å². The lowest BCUT2D eigenvalue weighted by Crippen LogP contribution is -2.52. The van der Waals surface area contributed by atoms with Crippen LogP contribution in [0.25, 0.3) is 44.2 Å². The molecular weight excluding hydrogens is 769 g/mol. The first-order chi connectivity index (χ1) is 30.4. The lowest BCUT2D eigenvalue weighted by molar-refractivity contribution is 0.379. The summed E-state index contributed by atoms with van der Waals surface area (Å²) in [4.78, 5) is 3.77. The molecule has 0 bridgehead atoms. The summed E-state index contributed by atoms with van der Waals surface area (Å²) in [5, 5.41) is 2.62. The largest absolute Gasteiger partial charge is 0.310 e. The Hall–Kier alpha value is -6.81. The van der Waals surface area contributed by atoms with Crippen molar-refractivity contribution in [2.75, 3.05) is 4.90 Å². The Balaban J connectivity index is 0.975. The Morgan fingerprint density at radius 2 is 1.16 bits per heavy atom. The predicted molar refractivity (Wildman–Crippen MR) is 261 cm³/mol. The van der Waals surface area contributed by atoms with Crippen LogP contribution < -0.4 is 4.90 Å². The summed E-state index contributed by atoms with van der Waals surface area (Å²) in [6.45, 7) is 7.19. The molecule has 8 aromatic carbocycles. The van der Waals surface area contributed by atoms with E-state index >= 15 is 0 Å². The number of benzene rings is 8. The minimum atomic E-state index is -0.432. The van der Waals surface area contributed by atoms with Gasteiger partial charge in [-0.25, -0.2) is 0 Å². The van der Waals surface area contributed by atoms with Crippen LogP contribution in [0, 0.1) is 5.92 Å². The molecule has 2 nitrogen and oxygen atoms in total. The van der Waals surface area contributed by atoms with Crippen molar-refractivity contribution in [3.63, 3.8) is 0 Å². The number of fused-ring (bicyclic) bond motifs is 14. The van der Waals surface area contributed by atoms with Crippen molar-refractivity contribution in [1.29, 1.82) is 0 Å². The van der Waals surface area contributed by atoms with E-state index in [2.05, 4.69) is 237 Å². The van der Waals surface area contributed by atoms with E-state index in [9.17, 15) is 0 Å². The summed E-state index contributed by atoms with van der Waals surface area (Å²) in [5.74, 6) is 0.118. The van der Waals surface area contributed by atoms with Gasteiger partial charge in [0, 0.05) is 48.8 Å². The van der Waals surface area contributed by atoms with Crippen LogP contribution in [0.1, 0.15) is 54.2 Å². The Morgan fingerprint density at radius 3 is 2.02 bits per heavy atom. The second-order valence-corrected chi connectivity index (χ2v) is 19.7. The van der Waals surface area contributed by atoms with Crippen LogP contribution in [0.5, 0.6) is 0 Å². The van der Waals surface area contributed by atoms with Crippen molar-refractivity contribution in [2.24, 2.45) is 5.92 Å². The molecule has 3 unspecified atom stereocenters. The maximum atomic E-state index is 2.63. The molecule has 62 heavy (non-hydrogen) atoms. The molecule has 2 aliphatic carbocycles. The average Bonchev–Trinajstić information content (AvgIpc) is 3.77. The van der Waals surface area contributed by atoms with Gasteiger partial charge in [0.2, 0.25) is 0 Å². The summed E-state index contributed by atoms with van der Waals surface area (Å²) >= 11 is 2.02. The highest BCUT2D eigenvalue weighted by Crippen LogP contribution is 2.66. The zero-order valence-corrected chi connectivity index (χ0v) is 35.8. The first-order valence-corrected chi connectivity index (χ1v) is 22.7. The number of anilines is 3. The normalized spacial score (nSPS) is 20.9. The Kier molecular flexibility index (Phi) is 7.45. The Bertz CT molecular complexity index is 3390. The number of hydrogen-bond donors (Lipinski definition) is 0. The van der Waals surface area contributed by atoms with E-state index in [0.29, 0.717) is 0 Å². The zero-order chi connectivity index (χ0) is 41.4. The van der Waals surface area contributed by atoms with Crippen LogP contribution in [0.3, 0.4) is 0 Å². The zero-order valence-electron chi connectivity index (χ0n) is 35.0. The molecule has 2 aliphatic heterocycles. The molecule has 1 aromatic heterocycles. The quantitative estimate of drug-likeness (QED) is 0.175. The van der Waals surface area contributed by atoms with E-state index in [4.69, 9.17) is 0 Å². The minimum absolute atomic E-state index is 0.0847. The Morgan fingerprint density at radius 1 is 0.516 bits per heavy atom. The molecule has 3 heteroatoms. The maximum Gasteiger partial charge on any atom is 0.0585 e. The third-order valence-corrected chi connectivity index (χ3v) is 16.1. The lowest BCUT2D eigenvalue weighted by Gasteiger charge is -2.55. The number of allylic oxidation sites excluding steroid dienone is 3. The first-order valence-electron chi connectivity index (χ1n) is 21.9. The van der Waals surface area contributed by atoms with E-state index in [1.54, 1.807) is 0 Å². The molecule has 3 atom stereocenters. The van der Waals surface area contributed by atoms with E-state index in [1.165, 1.54) is 88.2 Å². The third kappa shape index (κ3) is 4.72. The molecule has 0 saturated carbocycles. The molecule has 4 aliphatic rings. The van der Waals surface area contributed by atoms with Crippen molar-refractivity contribution >= 4 is 56.2 Å².